The third-order valence-electron chi connectivity index (χ3n) is 4.99. The normalized spacial score (nSPS) is 15.3. The van der Waals surface area contributed by atoms with Crippen LogP contribution >= 0.6 is 11.8 Å². The molecule has 0 spiro atoms. The lowest BCUT2D eigenvalue weighted by molar-refractivity contribution is -0.129. The zero-order valence-corrected chi connectivity index (χ0v) is 16.1. The molecule has 1 fully saturated rings. The molecular weight excluding hydrogens is 332 g/mol. The van der Waals surface area contributed by atoms with Gasteiger partial charge in [0.25, 0.3) is 0 Å². The van der Waals surface area contributed by atoms with Crippen LogP contribution in [0.4, 0.5) is 0 Å². The van der Waals surface area contributed by atoms with E-state index in [9.17, 15) is 4.79 Å². The van der Waals surface area contributed by atoms with Crippen LogP contribution in [0, 0.1) is 6.92 Å². The number of nitrogens with zero attached hydrogens (tertiary/aromatic N) is 4. The summed E-state index contributed by atoms with van der Waals surface area (Å²) >= 11 is 1.46. The van der Waals surface area contributed by atoms with Crippen molar-refractivity contribution in [1.82, 2.24) is 19.7 Å². The first kappa shape index (κ1) is 18.0. The Bertz CT molecular complexity index is 720. The molecule has 134 valence electrons. The molecule has 0 bridgehead atoms. The average Bonchev–Trinajstić information content (AvgIpc) is 3.01. The molecular formula is C19H26N4OS. The van der Waals surface area contributed by atoms with Crippen LogP contribution in [0.15, 0.2) is 29.4 Å². The quantitative estimate of drug-likeness (QED) is 0.765. The first-order chi connectivity index (χ1) is 12.1. The van der Waals surface area contributed by atoms with Crippen LogP contribution in [0.1, 0.15) is 37.7 Å². The number of carbonyl (C=O) groups excluding carboxylic acids is 1. The van der Waals surface area contributed by atoms with Crippen molar-refractivity contribution in [2.45, 2.75) is 50.2 Å². The van der Waals surface area contributed by atoms with Crippen LogP contribution in [0.2, 0.25) is 0 Å². The fourth-order valence-corrected chi connectivity index (χ4v) is 4.13. The highest BCUT2D eigenvalue weighted by molar-refractivity contribution is 7.99. The summed E-state index contributed by atoms with van der Waals surface area (Å²) in [5, 5.41) is 9.34. The van der Waals surface area contributed by atoms with Gasteiger partial charge < -0.3 is 9.47 Å². The third-order valence-corrected chi connectivity index (χ3v) is 5.99. The molecule has 5 nitrogen and oxygen atoms in total. The molecule has 25 heavy (non-hydrogen) atoms. The van der Waals surface area contributed by atoms with E-state index in [1.54, 1.807) is 0 Å². The Morgan fingerprint density at radius 1 is 1.20 bits per heavy atom. The summed E-state index contributed by atoms with van der Waals surface area (Å²) < 4.78 is 1.96. The van der Waals surface area contributed by atoms with E-state index >= 15 is 0 Å². The summed E-state index contributed by atoms with van der Waals surface area (Å²) in [4.78, 5) is 14.4. The Morgan fingerprint density at radius 2 is 1.88 bits per heavy atom. The number of aromatic nitrogens is 3. The lowest BCUT2D eigenvalue weighted by Gasteiger charge is -2.31. The molecule has 3 rings (SSSR count). The maximum absolute atomic E-state index is 12.5. The summed E-state index contributed by atoms with van der Waals surface area (Å²) in [6.45, 7) is 2.07. The minimum atomic E-state index is 0.178. The lowest BCUT2D eigenvalue weighted by atomic mass is 9.94. The number of hydrogen-bond acceptors (Lipinski definition) is 4. The average molecular weight is 359 g/mol. The Kier molecular flexibility index (Phi) is 5.78. The topological polar surface area (TPSA) is 51.0 Å². The van der Waals surface area contributed by atoms with E-state index in [0.717, 1.165) is 29.4 Å². The fourth-order valence-electron chi connectivity index (χ4n) is 3.29. The van der Waals surface area contributed by atoms with Crippen molar-refractivity contribution in [3.63, 3.8) is 0 Å². The predicted octanol–water partition coefficient (Wildman–Crippen LogP) is 3.67. The Balaban J connectivity index is 1.61. The smallest absolute Gasteiger partial charge is 0.233 e. The van der Waals surface area contributed by atoms with Crippen molar-refractivity contribution < 1.29 is 4.79 Å². The van der Waals surface area contributed by atoms with Gasteiger partial charge in [0, 0.05) is 25.7 Å². The van der Waals surface area contributed by atoms with Crippen molar-refractivity contribution in [2.24, 2.45) is 7.05 Å². The molecule has 1 aliphatic carbocycles. The van der Waals surface area contributed by atoms with Crippen molar-refractivity contribution in [1.29, 1.82) is 0 Å². The number of hydrogen-bond donors (Lipinski definition) is 0. The third kappa shape index (κ3) is 4.24. The second kappa shape index (κ2) is 8.04. The molecule has 1 amide bonds. The summed E-state index contributed by atoms with van der Waals surface area (Å²) in [6, 6.07) is 8.65. The molecule has 0 radical (unpaired) electrons. The van der Waals surface area contributed by atoms with Gasteiger partial charge in [0.1, 0.15) is 0 Å². The number of rotatable bonds is 5. The van der Waals surface area contributed by atoms with Gasteiger partial charge in [0.2, 0.25) is 5.91 Å². The summed E-state index contributed by atoms with van der Waals surface area (Å²) in [5.74, 6) is 1.42. The summed E-state index contributed by atoms with van der Waals surface area (Å²) in [7, 11) is 3.89. The molecule has 0 saturated heterocycles. The Hall–Kier alpha value is -1.82. The molecule has 1 heterocycles. The zero-order chi connectivity index (χ0) is 17.8. The highest BCUT2D eigenvalue weighted by Gasteiger charge is 2.22. The van der Waals surface area contributed by atoms with Crippen molar-refractivity contribution >= 4 is 17.7 Å². The van der Waals surface area contributed by atoms with Gasteiger partial charge in [-0.3, -0.25) is 4.79 Å². The molecule has 0 N–H and O–H groups in total. The second-order valence-electron chi connectivity index (χ2n) is 6.82. The van der Waals surface area contributed by atoms with Crippen LogP contribution in [-0.2, 0) is 11.8 Å². The van der Waals surface area contributed by atoms with Crippen molar-refractivity contribution in [3.8, 4) is 11.4 Å². The monoisotopic (exact) mass is 358 g/mol. The molecule has 0 aliphatic heterocycles. The van der Waals surface area contributed by atoms with Gasteiger partial charge in [-0.2, -0.15) is 0 Å². The van der Waals surface area contributed by atoms with Crippen molar-refractivity contribution in [2.75, 3.05) is 12.8 Å². The Labute approximate surface area is 153 Å². The highest BCUT2D eigenvalue weighted by atomic mass is 32.2. The highest BCUT2D eigenvalue weighted by Crippen LogP contribution is 2.25. The Morgan fingerprint density at radius 3 is 2.56 bits per heavy atom. The molecule has 6 heteroatoms. The van der Waals surface area contributed by atoms with Crippen LogP contribution in [0.3, 0.4) is 0 Å². The van der Waals surface area contributed by atoms with Crippen LogP contribution in [0.25, 0.3) is 11.4 Å². The van der Waals surface area contributed by atoms with E-state index in [0.29, 0.717) is 11.8 Å². The van der Waals surface area contributed by atoms with Crippen LogP contribution in [-0.4, -0.2) is 44.4 Å². The molecule has 2 aromatic rings. The second-order valence-corrected chi connectivity index (χ2v) is 7.76. The first-order valence-electron chi connectivity index (χ1n) is 8.91. The van der Waals surface area contributed by atoms with E-state index in [1.807, 2.05) is 23.6 Å². The number of thioether (sulfide) groups is 1. The van der Waals surface area contributed by atoms with Gasteiger partial charge in [-0.05, 0) is 19.8 Å². The summed E-state index contributed by atoms with van der Waals surface area (Å²) in [6.07, 6.45) is 6.04. The SMILES string of the molecule is Cc1ccc(-c2nnc(SCC(=O)N(C)C3CCCCC3)n2C)cc1. The number of carbonyl (C=O) groups is 1. The predicted molar refractivity (Wildman–Crippen MR) is 102 cm³/mol. The number of benzene rings is 1. The molecule has 1 aromatic carbocycles. The van der Waals surface area contributed by atoms with Gasteiger partial charge >= 0.3 is 0 Å². The lowest BCUT2D eigenvalue weighted by Crippen LogP contribution is -2.39. The standard InChI is InChI=1S/C19H26N4OS/c1-14-9-11-15(12-10-14)18-20-21-19(23(18)3)25-13-17(24)22(2)16-7-5-4-6-8-16/h9-12,16H,4-8,13H2,1-3H3. The summed E-state index contributed by atoms with van der Waals surface area (Å²) in [5.41, 5.74) is 2.26. The van der Waals surface area contributed by atoms with Gasteiger partial charge in [-0.1, -0.05) is 60.9 Å². The number of amides is 1. The molecule has 0 unspecified atom stereocenters. The van der Waals surface area contributed by atoms with Crippen molar-refractivity contribution in [3.05, 3.63) is 29.8 Å². The van der Waals surface area contributed by atoms with E-state index in [-0.39, 0.29) is 5.91 Å². The molecule has 1 saturated carbocycles. The van der Waals surface area contributed by atoms with E-state index < -0.39 is 0 Å². The van der Waals surface area contributed by atoms with E-state index in [2.05, 4.69) is 41.4 Å². The van der Waals surface area contributed by atoms with Gasteiger partial charge in [-0.15, -0.1) is 10.2 Å². The maximum Gasteiger partial charge on any atom is 0.233 e. The first-order valence-corrected chi connectivity index (χ1v) is 9.89. The zero-order valence-electron chi connectivity index (χ0n) is 15.2. The molecule has 1 aromatic heterocycles. The van der Waals surface area contributed by atoms with Gasteiger partial charge in [0.15, 0.2) is 11.0 Å². The van der Waals surface area contributed by atoms with Gasteiger partial charge in [-0.25, -0.2) is 0 Å². The molecule has 1 aliphatic rings. The minimum absolute atomic E-state index is 0.178. The van der Waals surface area contributed by atoms with E-state index in [4.69, 9.17) is 0 Å². The maximum atomic E-state index is 12.5. The van der Waals surface area contributed by atoms with E-state index in [1.165, 1.54) is 36.6 Å². The number of aryl methyl sites for hydroxylation is 1. The minimum Gasteiger partial charge on any atom is -0.342 e. The largest absolute Gasteiger partial charge is 0.342 e. The molecule has 0 atom stereocenters. The van der Waals surface area contributed by atoms with Crippen LogP contribution in [0.5, 0.6) is 0 Å². The van der Waals surface area contributed by atoms with Gasteiger partial charge in [0.05, 0.1) is 5.75 Å². The fraction of sp³-hybridized carbons (Fsp3) is 0.526. The van der Waals surface area contributed by atoms with Crippen LogP contribution < -0.4 is 0 Å².